The first-order valence-electron chi connectivity index (χ1n) is 9.96. The van der Waals surface area contributed by atoms with E-state index in [-0.39, 0.29) is 16.3 Å². The summed E-state index contributed by atoms with van der Waals surface area (Å²) in [6, 6.07) is 25.7. The number of nitrogens with zero attached hydrogens (tertiary/aromatic N) is 2. The molecule has 0 atom stereocenters. The molecule has 0 aliphatic carbocycles. The molecule has 0 saturated carbocycles. The molecule has 0 aliphatic rings. The minimum absolute atomic E-state index is 0.00122. The third kappa shape index (κ3) is 4.68. The summed E-state index contributed by atoms with van der Waals surface area (Å²) < 4.78 is 27.7. The van der Waals surface area contributed by atoms with Crippen molar-refractivity contribution in [2.45, 2.75) is 4.90 Å². The Kier molecular flexibility index (Phi) is 6.05. The van der Waals surface area contributed by atoms with E-state index in [2.05, 4.69) is 5.32 Å². The molecule has 0 saturated heterocycles. The highest BCUT2D eigenvalue weighted by atomic mass is 32.2. The van der Waals surface area contributed by atoms with E-state index in [0.717, 1.165) is 15.1 Å². The van der Waals surface area contributed by atoms with E-state index in [4.69, 9.17) is 0 Å². The number of nitro benzene ring substituents is 1. The standard InChI is InChI=1S/C24H19N3O5S/c28-24(25-23-12-6-8-18-7-4-5-11-22(18)23)17-26(19-13-15-20(16-14-19)27(29)30)33(31,32)21-9-2-1-3-10-21/h1-16H,17H2,(H,25,28). The van der Waals surface area contributed by atoms with Crippen molar-refractivity contribution >= 4 is 43.8 Å². The summed E-state index contributed by atoms with van der Waals surface area (Å²) in [5.41, 5.74) is 0.507. The van der Waals surface area contributed by atoms with Gasteiger partial charge in [0.05, 0.1) is 15.5 Å². The van der Waals surface area contributed by atoms with Crippen LogP contribution in [0, 0.1) is 10.1 Å². The Labute approximate surface area is 190 Å². The third-order valence-corrected chi connectivity index (χ3v) is 6.82. The van der Waals surface area contributed by atoms with Crippen LogP contribution in [0.4, 0.5) is 17.1 Å². The lowest BCUT2D eigenvalue weighted by Gasteiger charge is -2.24. The Balaban J connectivity index is 1.68. The minimum atomic E-state index is -4.11. The van der Waals surface area contributed by atoms with Crippen LogP contribution in [0.2, 0.25) is 0 Å². The average Bonchev–Trinajstić information content (AvgIpc) is 2.83. The average molecular weight is 461 g/mol. The zero-order valence-electron chi connectivity index (χ0n) is 17.3. The summed E-state index contributed by atoms with van der Waals surface area (Å²) in [7, 11) is -4.11. The summed E-state index contributed by atoms with van der Waals surface area (Å²) in [6.45, 7) is -0.516. The molecule has 9 heteroatoms. The SMILES string of the molecule is O=C(CN(c1ccc([N+](=O)[O-])cc1)S(=O)(=O)c1ccccc1)Nc1cccc2ccccc12. The van der Waals surface area contributed by atoms with Gasteiger partial charge in [0.15, 0.2) is 0 Å². The van der Waals surface area contributed by atoms with Gasteiger partial charge in [-0.1, -0.05) is 54.6 Å². The zero-order chi connectivity index (χ0) is 23.4. The van der Waals surface area contributed by atoms with Crippen molar-refractivity contribution in [3.05, 3.63) is 107 Å². The fourth-order valence-electron chi connectivity index (χ4n) is 3.43. The number of hydrogen-bond donors (Lipinski definition) is 1. The number of nitrogens with one attached hydrogen (secondary N) is 1. The van der Waals surface area contributed by atoms with E-state index >= 15 is 0 Å². The van der Waals surface area contributed by atoms with Gasteiger partial charge < -0.3 is 5.32 Å². The topological polar surface area (TPSA) is 110 Å². The van der Waals surface area contributed by atoms with Crippen molar-refractivity contribution < 1.29 is 18.1 Å². The first kappa shape index (κ1) is 22.0. The van der Waals surface area contributed by atoms with Gasteiger partial charge in [0.25, 0.3) is 15.7 Å². The fraction of sp³-hybridized carbons (Fsp3) is 0.0417. The normalized spacial score (nSPS) is 11.2. The molecule has 1 amide bonds. The van der Waals surface area contributed by atoms with E-state index in [1.54, 1.807) is 30.3 Å². The number of nitro groups is 1. The molecule has 166 valence electrons. The third-order valence-electron chi connectivity index (χ3n) is 5.03. The van der Waals surface area contributed by atoms with E-state index in [9.17, 15) is 23.3 Å². The van der Waals surface area contributed by atoms with Crippen LogP contribution in [0.5, 0.6) is 0 Å². The molecule has 0 unspecified atom stereocenters. The number of benzene rings is 4. The number of hydrogen-bond acceptors (Lipinski definition) is 5. The monoisotopic (exact) mass is 461 g/mol. The Morgan fingerprint density at radius 1 is 0.848 bits per heavy atom. The second-order valence-electron chi connectivity index (χ2n) is 7.17. The maximum absolute atomic E-state index is 13.4. The molecule has 4 aromatic rings. The van der Waals surface area contributed by atoms with Crippen molar-refractivity contribution in [3.8, 4) is 0 Å². The van der Waals surface area contributed by atoms with Crippen LogP contribution in [0.1, 0.15) is 0 Å². The maximum Gasteiger partial charge on any atom is 0.269 e. The molecule has 33 heavy (non-hydrogen) atoms. The predicted molar refractivity (Wildman–Crippen MR) is 127 cm³/mol. The number of rotatable bonds is 7. The van der Waals surface area contributed by atoms with E-state index in [0.29, 0.717) is 5.69 Å². The molecule has 0 fully saturated rings. The number of amides is 1. The van der Waals surface area contributed by atoms with Crippen LogP contribution in [0.15, 0.2) is 102 Å². The van der Waals surface area contributed by atoms with Crippen molar-refractivity contribution in [1.29, 1.82) is 0 Å². The van der Waals surface area contributed by atoms with Crippen molar-refractivity contribution in [2.75, 3.05) is 16.2 Å². The summed E-state index contributed by atoms with van der Waals surface area (Å²) in [6.07, 6.45) is 0. The van der Waals surface area contributed by atoms with Gasteiger partial charge in [0.1, 0.15) is 6.54 Å². The number of non-ortho nitro benzene ring substituents is 1. The molecule has 1 N–H and O–H groups in total. The van der Waals surface area contributed by atoms with Gasteiger partial charge in [-0.2, -0.15) is 0 Å². The second-order valence-corrected chi connectivity index (χ2v) is 9.04. The number of fused-ring (bicyclic) bond motifs is 1. The van der Waals surface area contributed by atoms with Gasteiger partial charge in [-0.05, 0) is 35.7 Å². The lowest BCUT2D eigenvalue weighted by Crippen LogP contribution is -2.38. The van der Waals surface area contributed by atoms with Gasteiger partial charge in [-0.15, -0.1) is 0 Å². The molecular formula is C24H19N3O5S. The Morgan fingerprint density at radius 3 is 2.18 bits per heavy atom. The Hall–Kier alpha value is -4.24. The lowest BCUT2D eigenvalue weighted by molar-refractivity contribution is -0.384. The highest BCUT2D eigenvalue weighted by molar-refractivity contribution is 7.92. The first-order chi connectivity index (χ1) is 15.9. The van der Waals surface area contributed by atoms with Crippen molar-refractivity contribution in [2.24, 2.45) is 0 Å². The van der Waals surface area contributed by atoms with E-state index in [1.807, 2.05) is 30.3 Å². The lowest BCUT2D eigenvalue weighted by atomic mass is 10.1. The number of carbonyl (C=O) groups is 1. The summed E-state index contributed by atoms with van der Waals surface area (Å²) in [4.78, 5) is 23.4. The molecule has 0 radical (unpaired) electrons. The molecule has 0 bridgehead atoms. The van der Waals surface area contributed by atoms with Crippen molar-refractivity contribution in [1.82, 2.24) is 0 Å². The van der Waals surface area contributed by atoms with Crippen LogP contribution < -0.4 is 9.62 Å². The molecule has 4 rings (SSSR count). The molecule has 0 heterocycles. The molecular weight excluding hydrogens is 442 g/mol. The zero-order valence-corrected chi connectivity index (χ0v) is 18.1. The number of sulfonamides is 1. The maximum atomic E-state index is 13.4. The highest BCUT2D eigenvalue weighted by Crippen LogP contribution is 2.27. The van der Waals surface area contributed by atoms with Crippen LogP contribution in [0.3, 0.4) is 0 Å². The molecule has 4 aromatic carbocycles. The van der Waals surface area contributed by atoms with Crippen LogP contribution in [-0.4, -0.2) is 25.8 Å². The van der Waals surface area contributed by atoms with Crippen LogP contribution in [-0.2, 0) is 14.8 Å². The fourth-order valence-corrected chi connectivity index (χ4v) is 4.87. The summed E-state index contributed by atoms with van der Waals surface area (Å²) >= 11 is 0. The highest BCUT2D eigenvalue weighted by Gasteiger charge is 2.27. The number of anilines is 2. The molecule has 0 aliphatic heterocycles. The van der Waals surface area contributed by atoms with Gasteiger partial charge in [-0.25, -0.2) is 8.42 Å². The number of carbonyl (C=O) groups excluding carboxylic acids is 1. The van der Waals surface area contributed by atoms with E-state index in [1.165, 1.54) is 36.4 Å². The van der Waals surface area contributed by atoms with Crippen molar-refractivity contribution in [3.63, 3.8) is 0 Å². The van der Waals surface area contributed by atoms with Crippen LogP contribution in [0.25, 0.3) is 10.8 Å². The molecule has 0 aromatic heterocycles. The first-order valence-corrected chi connectivity index (χ1v) is 11.4. The van der Waals surface area contributed by atoms with Gasteiger partial charge in [0, 0.05) is 23.2 Å². The summed E-state index contributed by atoms with van der Waals surface area (Å²) in [5.74, 6) is -0.552. The largest absolute Gasteiger partial charge is 0.324 e. The smallest absolute Gasteiger partial charge is 0.269 e. The molecule has 0 spiro atoms. The van der Waals surface area contributed by atoms with Crippen LogP contribution >= 0.6 is 0 Å². The van der Waals surface area contributed by atoms with E-state index < -0.39 is 27.4 Å². The predicted octanol–water partition coefficient (Wildman–Crippen LogP) is 4.58. The Morgan fingerprint density at radius 2 is 1.48 bits per heavy atom. The second kappa shape index (κ2) is 9.09. The summed E-state index contributed by atoms with van der Waals surface area (Å²) in [5, 5.41) is 15.5. The van der Waals surface area contributed by atoms with Gasteiger partial charge in [-0.3, -0.25) is 19.2 Å². The van der Waals surface area contributed by atoms with Gasteiger partial charge in [0.2, 0.25) is 5.91 Å². The van der Waals surface area contributed by atoms with Gasteiger partial charge >= 0.3 is 0 Å². The molecule has 8 nitrogen and oxygen atoms in total. The quantitative estimate of drug-likeness (QED) is 0.320. The minimum Gasteiger partial charge on any atom is -0.324 e. The Bertz CT molecular complexity index is 1420.